The molecule has 2 rings (SSSR count). The molecule has 8 heteroatoms. The number of ether oxygens (including phenoxy) is 1. The Hall–Kier alpha value is -2.90. The molecule has 2 aromatic carbocycles. The van der Waals surface area contributed by atoms with E-state index in [9.17, 15) is 27.2 Å². The van der Waals surface area contributed by atoms with E-state index in [1.54, 1.807) is 0 Å². The first-order chi connectivity index (χ1) is 12.2. The van der Waals surface area contributed by atoms with E-state index in [1.807, 2.05) is 0 Å². The molecule has 0 saturated carbocycles. The third-order valence-corrected chi connectivity index (χ3v) is 3.55. The third-order valence-electron chi connectivity index (χ3n) is 3.55. The van der Waals surface area contributed by atoms with Crippen LogP contribution in [0.5, 0.6) is 0 Å². The van der Waals surface area contributed by atoms with Crippen molar-refractivity contribution in [3.8, 4) is 0 Å². The lowest BCUT2D eigenvalue weighted by Gasteiger charge is -2.18. The summed E-state index contributed by atoms with van der Waals surface area (Å²) in [5.41, 5.74) is -0.811. The minimum atomic E-state index is -3.93. The molecule has 0 aliphatic heterocycles. The summed E-state index contributed by atoms with van der Waals surface area (Å²) in [5.74, 6) is -8.73. The van der Waals surface area contributed by atoms with Gasteiger partial charge in [0.15, 0.2) is 11.6 Å². The van der Waals surface area contributed by atoms with Crippen LogP contribution in [0.15, 0.2) is 36.4 Å². The van der Waals surface area contributed by atoms with Crippen molar-refractivity contribution in [3.05, 3.63) is 64.7 Å². The molecule has 0 fully saturated rings. The molecule has 0 atom stereocenters. The van der Waals surface area contributed by atoms with Gasteiger partial charge < -0.3 is 10.1 Å². The van der Waals surface area contributed by atoms with Crippen molar-refractivity contribution >= 4 is 17.6 Å². The zero-order valence-corrected chi connectivity index (χ0v) is 13.9. The molecule has 0 radical (unpaired) electrons. The predicted molar refractivity (Wildman–Crippen MR) is 86.0 cm³/mol. The van der Waals surface area contributed by atoms with Gasteiger partial charge in [-0.2, -0.15) is 8.78 Å². The number of hydrogen-bond acceptors (Lipinski definition) is 3. The number of esters is 1. The first-order valence-electron chi connectivity index (χ1n) is 7.59. The second-order valence-electron chi connectivity index (χ2n) is 5.41. The molecule has 138 valence electrons. The van der Waals surface area contributed by atoms with Crippen LogP contribution in [0.25, 0.3) is 0 Å². The number of alkyl halides is 2. The maximum atomic E-state index is 14.3. The van der Waals surface area contributed by atoms with Gasteiger partial charge in [0.1, 0.15) is 0 Å². The van der Waals surface area contributed by atoms with E-state index in [4.69, 9.17) is 0 Å². The summed E-state index contributed by atoms with van der Waals surface area (Å²) < 4.78 is 59.0. The highest BCUT2D eigenvalue weighted by Gasteiger charge is 2.44. The Bertz CT molecular complexity index is 852. The van der Waals surface area contributed by atoms with Gasteiger partial charge in [-0.25, -0.2) is 13.6 Å². The molecule has 2 aromatic rings. The van der Waals surface area contributed by atoms with Gasteiger partial charge in [0.05, 0.1) is 6.61 Å². The van der Waals surface area contributed by atoms with Crippen molar-refractivity contribution < 1.29 is 31.9 Å². The summed E-state index contributed by atoms with van der Waals surface area (Å²) >= 11 is 0. The van der Waals surface area contributed by atoms with Crippen LogP contribution in [-0.4, -0.2) is 18.5 Å². The van der Waals surface area contributed by atoms with Crippen LogP contribution in [0.2, 0.25) is 0 Å². The molecule has 0 bridgehead atoms. The Labute approximate surface area is 146 Å². The molecular weight excluding hydrogens is 354 g/mol. The highest BCUT2D eigenvalue weighted by Crippen LogP contribution is 2.32. The molecule has 4 nitrogen and oxygen atoms in total. The van der Waals surface area contributed by atoms with E-state index in [2.05, 4.69) is 10.1 Å². The summed E-state index contributed by atoms with van der Waals surface area (Å²) in [6.45, 7) is 2.54. The van der Waals surface area contributed by atoms with Crippen LogP contribution in [0.3, 0.4) is 0 Å². The Morgan fingerprint density at radius 1 is 1.08 bits per heavy atom. The summed E-state index contributed by atoms with van der Waals surface area (Å²) in [6, 6.07) is 6.09. The fourth-order valence-corrected chi connectivity index (χ4v) is 2.21. The summed E-state index contributed by atoms with van der Waals surface area (Å²) in [5, 5.41) is 2.27. The van der Waals surface area contributed by atoms with E-state index >= 15 is 0 Å². The number of benzene rings is 2. The number of carbonyl (C=O) groups is 2. The lowest BCUT2D eigenvalue weighted by molar-refractivity contribution is -0.173. The molecule has 0 spiro atoms. The molecule has 0 saturated heterocycles. The van der Waals surface area contributed by atoms with Crippen molar-refractivity contribution in [2.45, 2.75) is 19.8 Å². The predicted octanol–water partition coefficient (Wildman–Crippen LogP) is 4.18. The zero-order chi connectivity index (χ0) is 19.5. The number of anilines is 1. The lowest BCUT2D eigenvalue weighted by atomic mass is 9.99. The van der Waals surface area contributed by atoms with Gasteiger partial charge in [-0.15, -0.1) is 0 Å². The Kier molecular flexibility index (Phi) is 5.64. The molecular formula is C18H15F4NO3. The van der Waals surface area contributed by atoms with Crippen molar-refractivity contribution in [2.24, 2.45) is 0 Å². The van der Waals surface area contributed by atoms with E-state index in [1.165, 1.54) is 26.0 Å². The quantitative estimate of drug-likeness (QED) is 0.635. The second-order valence-corrected chi connectivity index (χ2v) is 5.41. The first-order valence-corrected chi connectivity index (χ1v) is 7.59. The Balaban J connectivity index is 2.31. The van der Waals surface area contributed by atoms with Crippen molar-refractivity contribution in [1.82, 2.24) is 0 Å². The number of aryl methyl sites for hydroxylation is 1. The van der Waals surface area contributed by atoms with Gasteiger partial charge >= 0.3 is 11.9 Å². The molecule has 0 unspecified atom stereocenters. The van der Waals surface area contributed by atoms with Gasteiger partial charge in [-0.1, -0.05) is 6.07 Å². The number of halogens is 4. The van der Waals surface area contributed by atoms with E-state index in [-0.39, 0.29) is 23.4 Å². The molecule has 0 heterocycles. The molecule has 0 aliphatic carbocycles. The topological polar surface area (TPSA) is 55.4 Å². The van der Waals surface area contributed by atoms with E-state index in [0.29, 0.717) is 0 Å². The molecule has 1 N–H and O–H groups in total. The van der Waals surface area contributed by atoms with Crippen molar-refractivity contribution in [3.63, 3.8) is 0 Å². The minimum Gasteiger partial charge on any atom is -0.461 e. The summed E-state index contributed by atoms with van der Waals surface area (Å²) in [4.78, 5) is 23.7. The Morgan fingerprint density at radius 3 is 2.38 bits per heavy atom. The average molecular weight is 369 g/mol. The van der Waals surface area contributed by atoms with Crippen LogP contribution in [0.1, 0.15) is 28.4 Å². The number of rotatable bonds is 5. The number of hydrogen-bond donors (Lipinski definition) is 1. The van der Waals surface area contributed by atoms with Gasteiger partial charge in [0, 0.05) is 22.9 Å². The SMILES string of the molecule is CCOC(=O)C(F)(F)c1cc(C(=O)Nc2ccc(F)c(F)c2)ccc1C. The summed E-state index contributed by atoms with van der Waals surface area (Å²) in [6.07, 6.45) is 0. The summed E-state index contributed by atoms with van der Waals surface area (Å²) in [7, 11) is 0. The number of carbonyl (C=O) groups excluding carboxylic acids is 2. The normalized spacial score (nSPS) is 11.2. The van der Waals surface area contributed by atoms with Crippen LogP contribution in [0, 0.1) is 18.6 Å². The molecule has 0 aromatic heterocycles. The number of nitrogens with one attached hydrogen (secondary N) is 1. The monoisotopic (exact) mass is 369 g/mol. The zero-order valence-electron chi connectivity index (χ0n) is 13.9. The lowest BCUT2D eigenvalue weighted by Crippen LogP contribution is -2.29. The minimum absolute atomic E-state index is 0.0480. The average Bonchev–Trinajstić information content (AvgIpc) is 2.58. The highest BCUT2D eigenvalue weighted by molar-refractivity contribution is 6.04. The van der Waals surface area contributed by atoms with E-state index in [0.717, 1.165) is 24.3 Å². The molecule has 26 heavy (non-hydrogen) atoms. The van der Waals surface area contributed by atoms with Crippen molar-refractivity contribution in [1.29, 1.82) is 0 Å². The van der Waals surface area contributed by atoms with Gasteiger partial charge in [0.2, 0.25) is 0 Å². The standard InChI is InChI=1S/C18H15F4NO3/c1-3-26-17(25)18(21,22)13-8-11(5-4-10(13)2)16(24)23-12-6-7-14(19)15(20)9-12/h4-9H,3H2,1-2H3,(H,23,24). The number of amides is 1. The van der Waals surface area contributed by atoms with Crippen LogP contribution < -0.4 is 5.32 Å². The molecule has 1 amide bonds. The van der Waals surface area contributed by atoms with Crippen molar-refractivity contribution in [2.75, 3.05) is 11.9 Å². The van der Waals surface area contributed by atoms with Crippen LogP contribution >= 0.6 is 0 Å². The van der Waals surface area contributed by atoms with Gasteiger partial charge in [0.25, 0.3) is 5.91 Å². The molecule has 0 aliphatic rings. The van der Waals surface area contributed by atoms with Gasteiger partial charge in [-0.3, -0.25) is 4.79 Å². The first kappa shape index (κ1) is 19.4. The van der Waals surface area contributed by atoms with E-state index < -0.39 is 35.0 Å². The van der Waals surface area contributed by atoms with Crippen LogP contribution in [-0.2, 0) is 15.5 Å². The largest absolute Gasteiger partial charge is 0.461 e. The fraction of sp³-hybridized carbons (Fsp3) is 0.222. The fourth-order valence-electron chi connectivity index (χ4n) is 2.21. The second kappa shape index (κ2) is 7.55. The smallest absolute Gasteiger partial charge is 0.381 e. The van der Waals surface area contributed by atoms with Crippen LogP contribution in [0.4, 0.5) is 23.2 Å². The maximum Gasteiger partial charge on any atom is 0.381 e. The Morgan fingerprint density at radius 2 is 1.77 bits per heavy atom. The van der Waals surface area contributed by atoms with Gasteiger partial charge in [-0.05, 0) is 43.7 Å². The third kappa shape index (κ3) is 4.01. The highest BCUT2D eigenvalue weighted by atomic mass is 19.3. The maximum absolute atomic E-state index is 14.3.